The molecule has 0 spiro atoms. The molecule has 0 N–H and O–H groups in total. The smallest absolute Gasteiger partial charge is 0.0540 e. The Morgan fingerprint density at radius 1 is 0.269 bits per heavy atom. The quantitative estimate of drug-likeness (QED) is 0.143. The molecule has 0 radical (unpaired) electrons. The number of hydrogen-bond donors (Lipinski definition) is 0. The number of fused-ring (bicyclic) bond motifs is 5. The molecule has 1 aliphatic carbocycles. The van der Waals surface area contributed by atoms with Crippen LogP contribution in [0.1, 0.15) is 25.0 Å². The van der Waals surface area contributed by atoms with Crippen LogP contribution in [0.2, 0.25) is 0 Å². The predicted molar refractivity (Wildman–Crippen MR) is 285 cm³/mol. The van der Waals surface area contributed by atoms with Gasteiger partial charge in [-0.15, -0.1) is 0 Å². The van der Waals surface area contributed by atoms with E-state index in [9.17, 15) is 0 Å². The molecule has 0 fully saturated rings. The maximum atomic E-state index is 2.44. The summed E-state index contributed by atoms with van der Waals surface area (Å²) in [6.45, 7) is 4.77. The van der Waals surface area contributed by atoms with Gasteiger partial charge < -0.3 is 9.80 Å². The lowest BCUT2D eigenvalue weighted by molar-refractivity contribution is 0.660. The summed E-state index contributed by atoms with van der Waals surface area (Å²) in [5, 5.41) is 4.94. The third-order valence-electron chi connectivity index (χ3n) is 13.9. The number of anilines is 6. The molecule has 12 rings (SSSR count). The molecular weight excluding hydrogens is 809 g/mol. The van der Waals surface area contributed by atoms with Crippen molar-refractivity contribution in [1.29, 1.82) is 0 Å². The highest BCUT2D eigenvalue weighted by Crippen LogP contribution is 2.53. The van der Waals surface area contributed by atoms with Crippen LogP contribution in [-0.4, -0.2) is 0 Å². The summed E-state index contributed by atoms with van der Waals surface area (Å²) in [6.07, 6.45) is 0. The molecule has 0 heterocycles. The van der Waals surface area contributed by atoms with E-state index in [-0.39, 0.29) is 5.41 Å². The molecule has 0 aromatic heterocycles. The summed E-state index contributed by atoms with van der Waals surface area (Å²) >= 11 is 0. The fourth-order valence-corrected chi connectivity index (χ4v) is 10.4. The van der Waals surface area contributed by atoms with Gasteiger partial charge in [-0.05, 0) is 139 Å². The second-order valence-electron chi connectivity index (χ2n) is 18.2. The topological polar surface area (TPSA) is 6.48 Å². The second kappa shape index (κ2) is 16.5. The highest BCUT2D eigenvalue weighted by atomic mass is 15.1. The highest BCUT2D eigenvalue weighted by molar-refractivity contribution is 6.01. The largest absolute Gasteiger partial charge is 0.310 e. The predicted octanol–water partition coefficient (Wildman–Crippen LogP) is 18.2. The number of rotatable bonds is 9. The van der Waals surface area contributed by atoms with E-state index in [0.29, 0.717) is 0 Å². The first kappa shape index (κ1) is 40.1. The van der Waals surface area contributed by atoms with Crippen molar-refractivity contribution in [3.63, 3.8) is 0 Å². The zero-order chi connectivity index (χ0) is 44.9. The van der Waals surface area contributed by atoms with Crippen molar-refractivity contribution in [3.05, 3.63) is 266 Å². The van der Waals surface area contributed by atoms with Gasteiger partial charge >= 0.3 is 0 Å². The molecule has 0 atom stereocenters. The zero-order valence-corrected chi connectivity index (χ0v) is 37.6. The Labute approximate surface area is 393 Å². The van der Waals surface area contributed by atoms with Crippen molar-refractivity contribution in [3.8, 4) is 44.5 Å². The first-order valence-corrected chi connectivity index (χ1v) is 23.2. The molecule has 0 unspecified atom stereocenters. The molecule has 67 heavy (non-hydrogen) atoms. The van der Waals surface area contributed by atoms with E-state index in [0.717, 1.165) is 34.1 Å². The van der Waals surface area contributed by atoms with E-state index in [1.165, 1.54) is 77.2 Å². The molecule has 318 valence electrons. The lowest BCUT2D eigenvalue weighted by atomic mass is 9.82. The van der Waals surface area contributed by atoms with Gasteiger partial charge in [-0.3, -0.25) is 0 Å². The Morgan fingerprint density at radius 3 is 1.28 bits per heavy atom. The molecule has 1 aliphatic rings. The van der Waals surface area contributed by atoms with E-state index in [1.807, 2.05) is 0 Å². The van der Waals surface area contributed by atoms with Crippen molar-refractivity contribution in [2.45, 2.75) is 19.3 Å². The zero-order valence-electron chi connectivity index (χ0n) is 37.6. The summed E-state index contributed by atoms with van der Waals surface area (Å²) < 4.78 is 0. The lowest BCUT2D eigenvalue weighted by Crippen LogP contribution is -2.17. The van der Waals surface area contributed by atoms with Gasteiger partial charge in [0.25, 0.3) is 0 Å². The summed E-state index contributed by atoms with van der Waals surface area (Å²) in [4.78, 5) is 4.83. The van der Waals surface area contributed by atoms with Crippen molar-refractivity contribution in [1.82, 2.24) is 0 Å². The van der Waals surface area contributed by atoms with Gasteiger partial charge in [-0.25, -0.2) is 0 Å². The monoisotopic (exact) mass is 856 g/mol. The third-order valence-corrected chi connectivity index (χ3v) is 13.9. The van der Waals surface area contributed by atoms with Gasteiger partial charge in [0.15, 0.2) is 0 Å². The minimum absolute atomic E-state index is 0.266. The minimum Gasteiger partial charge on any atom is -0.310 e. The van der Waals surface area contributed by atoms with Crippen LogP contribution in [0.5, 0.6) is 0 Å². The van der Waals surface area contributed by atoms with Crippen LogP contribution >= 0.6 is 0 Å². The first-order chi connectivity index (χ1) is 33.0. The molecule has 0 amide bonds. The maximum absolute atomic E-state index is 2.44. The van der Waals surface area contributed by atoms with Crippen LogP contribution in [0.3, 0.4) is 0 Å². The fourth-order valence-electron chi connectivity index (χ4n) is 10.4. The molecule has 0 bridgehead atoms. The molecule has 0 aliphatic heterocycles. The molecule has 0 saturated heterocycles. The van der Waals surface area contributed by atoms with Crippen LogP contribution in [-0.2, 0) is 5.41 Å². The van der Waals surface area contributed by atoms with Crippen LogP contribution in [0.4, 0.5) is 34.1 Å². The van der Waals surface area contributed by atoms with Crippen LogP contribution in [0.15, 0.2) is 255 Å². The second-order valence-corrected chi connectivity index (χ2v) is 18.2. The fraction of sp³-hybridized carbons (Fsp3) is 0.0462. The average Bonchev–Trinajstić information content (AvgIpc) is 3.62. The van der Waals surface area contributed by atoms with Crippen LogP contribution < -0.4 is 9.80 Å². The third kappa shape index (κ3) is 7.15. The van der Waals surface area contributed by atoms with Crippen molar-refractivity contribution < 1.29 is 0 Å². The van der Waals surface area contributed by atoms with Crippen LogP contribution in [0, 0.1) is 0 Å². The summed E-state index contributed by atoms with van der Waals surface area (Å²) in [5.74, 6) is 0. The number of nitrogens with zero attached hydrogens (tertiary/aromatic N) is 2. The first-order valence-electron chi connectivity index (χ1n) is 23.2. The Balaban J connectivity index is 0.911. The Bertz CT molecular complexity index is 3560. The summed E-state index contributed by atoms with van der Waals surface area (Å²) in [6, 6.07) is 93.0. The maximum Gasteiger partial charge on any atom is 0.0540 e. The number of para-hydroxylation sites is 1. The van der Waals surface area contributed by atoms with Crippen LogP contribution in [0.25, 0.3) is 66.1 Å². The lowest BCUT2D eigenvalue weighted by Gasteiger charge is -2.30. The normalized spacial score (nSPS) is 12.4. The average molecular weight is 857 g/mol. The van der Waals surface area contributed by atoms with Gasteiger partial charge in [0.05, 0.1) is 5.69 Å². The molecule has 2 heteroatoms. The van der Waals surface area contributed by atoms with Crippen molar-refractivity contribution in [2.75, 3.05) is 9.80 Å². The molecule has 11 aromatic carbocycles. The van der Waals surface area contributed by atoms with Gasteiger partial charge in [0.1, 0.15) is 0 Å². The Hall–Kier alpha value is -8.46. The van der Waals surface area contributed by atoms with E-state index in [2.05, 4.69) is 278 Å². The number of hydrogen-bond acceptors (Lipinski definition) is 2. The van der Waals surface area contributed by atoms with E-state index in [1.54, 1.807) is 0 Å². The standard InChI is InChI=1S/C65H48N2/c1-65(2)62-43-55(66(52-21-7-4-8-22-52)53-35-31-48(32-36-53)47-29-27-46(28-30-47)45-15-5-3-6-16-45)39-41-60(62)61-42-40-56(44-63(61)65)67(64-26-14-20-50-18-10-12-24-59(50)64)54-37-33-51(34-38-54)58-25-13-19-49-17-9-11-23-57(49)58/h3-44H,1-2H3. The Morgan fingerprint density at radius 2 is 0.672 bits per heavy atom. The number of benzene rings is 11. The summed E-state index contributed by atoms with van der Waals surface area (Å²) in [7, 11) is 0. The Kier molecular flexibility index (Phi) is 9.88. The SMILES string of the molecule is CC1(C)c2cc(N(c3ccccc3)c3ccc(-c4ccc(-c5ccccc5)cc4)cc3)ccc2-c2ccc(N(c3ccc(-c4cccc5ccccc45)cc3)c3cccc4ccccc34)cc21. The minimum atomic E-state index is -0.266. The van der Waals surface area contributed by atoms with E-state index >= 15 is 0 Å². The van der Waals surface area contributed by atoms with Crippen molar-refractivity contribution >= 4 is 55.7 Å². The van der Waals surface area contributed by atoms with Crippen molar-refractivity contribution in [2.24, 2.45) is 0 Å². The van der Waals surface area contributed by atoms with E-state index < -0.39 is 0 Å². The van der Waals surface area contributed by atoms with Gasteiger partial charge in [-0.2, -0.15) is 0 Å². The highest BCUT2D eigenvalue weighted by Gasteiger charge is 2.37. The molecule has 0 saturated carbocycles. The van der Waals surface area contributed by atoms with Gasteiger partial charge in [0.2, 0.25) is 0 Å². The molecule has 11 aromatic rings. The summed E-state index contributed by atoms with van der Waals surface area (Å²) in [5.41, 5.74) is 19.0. The van der Waals surface area contributed by atoms with Gasteiger partial charge in [0, 0.05) is 39.2 Å². The molecule has 2 nitrogen and oxygen atoms in total. The molecular formula is C65H48N2. The van der Waals surface area contributed by atoms with Gasteiger partial charge in [-0.1, -0.05) is 202 Å². The van der Waals surface area contributed by atoms with E-state index in [4.69, 9.17) is 0 Å².